The summed E-state index contributed by atoms with van der Waals surface area (Å²) in [4.78, 5) is 24.1. The Balaban J connectivity index is 2.77. The predicted molar refractivity (Wildman–Crippen MR) is 61.8 cm³/mol. The molecule has 0 atom stereocenters. The maximum atomic E-state index is 11.5. The Morgan fingerprint density at radius 3 is 2.81 bits per heavy atom. The highest BCUT2D eigenvalue weighted by Crippen LogP contribution is 2.28. The van der Waals surface area contributed by atoms with Crippen molar-refractivity contribution in [2.45, 2.75) is 6.92 Å². The quantitative estimate of drug-likeness (QED) is 0.642. The molecule has 2 aromatic rings. The van der Waals surface area contributed by atoms with Crippen molar-refractivity contribution in [3.63, 3.8) is 0 Å². The Bertz CT molecular complexity index is 587. The molecule has 2 rings (SSSR count). The van der Waals surface area contributed by atoms with Gasteiger partial charge in [-0.15, -0.1) is 0 Å². The number of aryl methyl sites for hydroxylation is 1. The van der Waals surface area contributed by atoms with E-state index < -0.39 is 16.2 Å². The molecule has 0 saturated carbocycles. The van der Waals surface area contributed by atoms with E-state index in [2.05, 4.69) is 4.98 Å². The van der Waals surface area contributed by atoms with Crippen molar-refractivity contribution in [2.75, 3.05) is 0 Å². The maximum absolute atomic E-state index is 11.5. The third-order valence-corrected chi connectivity index (χ3v) is 2.84. The second kappa shape index (κ2) is 3.90. The molecule has 0 aliphatic carbocycles. The lowest BCUT2D eigenvalue weighted by atomic mass is 10.1. The second-order valence-corrected chi connectivity index (χ2v) is 4.09. The van der Waals surface area contributed by atoms with Crippen LogP contribution in [0.4, 0.5) is 5.69 Å². The summed E-state index contributed by atoms with van der Waals surface area (Å²) in [6.45, 7) is 1.70. The van der Waals surface area contributed by atoms with Crippen molar-refractivity contribution >= 4 is 17.0 Å². The minimum Gasteiger partial charge on any atom is -0.321 e. The molecule has 1 N–H and O–H groups in total. The molecule has 6 heteroatoms. The summed E-state index contributed by atoms with van der Waals surface area (Å²) in [6, 6.07) is 3.37. The number of aromatic amines is 1. The monoisotopic (exact) mass is 236 g/mol. The molecule has 0 unspecified atom stereocenters. The molecule has 0 amide bonds. The number of pyridine rings is 1. The van der Waals surface area contributed by atoms with Gasteiger partial charge >= 0.3 is 11.2 Å². The Kier molecular flexibility index (Phi) is 2.57. The van der Waals surface area contributed by atoms with Gasteiger partial charge in [-0.05, 0) is 35.4 Å². The summed E-state index contributed by atoms with van der Waals surface area (Å²) < 4.78 is 0. The maximum Gasteiger partial charge on any atom is 0.341 e. The molecular formula is C10H8N2O3S. The number of nitro groups is 1. The molecule has 0 aliphatic heterocycles. The minimum atomic E-state index is -0.661. The number of hydrogen-bond acceptors (Lipinski definition) is 4. The van der Waals surface area contributed by atoms with E-state index in [1.54, 1.807) is 24.4 Å². The van der Waals surface area contributed by atoms with Gasteiger partial charge in [0.1, 0.15) is 0 Å². The standard InChI is InChI=1S/C10H8N2O3S/c1-6-4-8(7-2-3-16-5-7)9(12(14)15)10(13)11-6/h2-5H,1H3,(H,11,13). The zero-order valence-corrected chi connectivity index (χ0v) is 9.21. The van der Waals surface area contributed by atoms with Crippen LogP contribution >= 0.6 is 11.3 Å². The van der Waals surface area contributed by atoms with Crippen molar-refractivity contribution < 1.29 is 4.92 Å². The van der Waals surface area contributed by atoms with Crippen LogP contribution in [0.1, 0.15) is 5.69 Å². The molecule has 0 radical (unpaired) electrons. The summed E-state index contributed by atoms with van der Waals surface area (Å²) >= 11 is 1.43. The molecular weight excluding hydrogens is 228 g/mol. The van der Waals surface area contributed by atoms with Crippen LogP contribution in [0.5, 0.6) is 0 Å². The number of nitrogens with one attached hydrogen (secondary N) is 1. The fourth-order valence-electron chi connectivity index (χ4n) is 1.50. The summed E-state index contributed by atoms with van der Waals surface area (Å²) in [6.07, 6.45) is 0. The minimum absolute atomic E-state index is 0.368. The van der Waals surface area contributed by atoms with Crippen LogP contribution in [-0.2, 0) is 0 Å². The van der Waals surface area contributed by atoms with Gasteiger partial charge < -0.3 is 4.98 Å². The fourth-order valence-corrected chi connectivity index (χ4v) is 2.16. The summed E-state index contributed by atoms with van der Waals surface area (Å²) in [7, 11) is 0. The van der Waals surface area contributed by atoms with E-state index >= 15 is 0 Å². The number of H-pyrrole nitrogens is 1. The molecule has 2 heterocycles. The fraction of sp³-hybridized carbons (Fsp3) is 0.100. The highest BCUT2D eigenvalue weighted by atomic mass is 32.1. The van der Waals surface area contributed by atoms with Gasteiger partial charge in [0.2, 0.25) is 0 Å². The molecule has 16 heavy (non-hydrogen) atoms. The number of rotatable bonds is 2. The van der Waals surface area contributed by atoms with Gasteiger partial charge in [0.15, 0.2) is 0 Å². The lowest BCUT2D eigenvalue weighted by Gasteiger charge is -2.01. The van der Waals surface area contributed by atoms with Gasteiger partial charge in [-0.25, -0.2) is 0 Å². The highest BCUT2D eigenvalue weighted by Gasteiger charge is 2.20. The van der Waals surface area contributed by atoms with Gasteiger partial charge in [-0.1, -0.05) is 0 Å². The van der Waals surface area contributed by atoms with Gasteiger partial charge in [0.05, 0.1) is 10.5 Å². The summed E-state index contributed by atoms with van der Waals surface area (Å²) in [5.74, 6) is 0. The average Bonchev–Trinajstić information content (AvgIpc) is 2.67. The number of nitrogens with zero attached hydrogens (tertiary/aromatic N) is 1. The zero-order chi connectivity index (χ0) is 11.7. The third-order valence-electron chi connectivity index (χ3n) is 2.16. The Labute approximate surface area is 94.5 Å². The first-order valence-electron chi connectivity index (χ1n) is 4.50. The molecule has 0 spiro atoms. The van der Waals surface area contributed by atoms with E-state index in [1.165, 1.54) is 11.3 Å². The van der Waals surface area contributed by atoms with E-state index in [4.69, 9.17) is 0 Å². The molecule has 2 aromatic heterocycles. The van der Waals surface area contributed by atoms with Crippen molar-refractivity contribution in [1.29, 1.82) is 0 Å². The van der Waals surface area contributed by atoms with E-state index in [9.17, 15) is 14.9 Å². The van der Waals surface area contributed by atoms with Crippen LogP contribution in [-0.4, -0.2) is 9.91 Å². The Morgan fingerprint density at radius 2 is 2.25 bits per heavy atom. The van der Waals surface area contributed by atoms with Crippen LogP contribution in [0.3, 0.4) is 0 Å². The second-order valence-electron chi connectivity index (χ2n) is 3.31. The van der Waals surface area contributed by atoms with Crippen LogP contribution in [0.2, 0.25) is 0 Å². The normalized spacial score (nSPS) is 10.3. The van der Waals surface area contributed by atoms with Crippen molar-refractivity contribution in [3.8, 4) is 11.1 Å². The van der Waals surface area contributed by atoms with Crippen molar-refractivity contribution in [3.05, 3.63) is 49.1 Å². The number of hydrogen-bond donors (Lipinski definition) is 1. The molecule has 0 fully saturated rings. The first-order valence-corrected chi connectivity index (χ1v) is 5.45. The third kappa shape index (κ3) is 1.74. The van der Waals surface area contributed by atoms with Gasteiger partial charge in [0, 0.05) is 5.69 Å². The van der Waals surface area contributed by atoms with Crippen LogP contribution in [0, 0.1) is 17.0 Å². The summed E-state index contributed by atoms with van der Waals surface area (Å²) in [5.41, 5.74) is 0.616. The van der Waals surface area contributed by atoms with E-state index in [0.717, 1.165) is 0 Å². The van der Waals surface area contributed by atoms with E-state index in [0.29, 0.717) is 16.8 Å². The van der Waals surface area contributed by atoms with Crippen molar-refractivity contribution in [1.82, 2.24) is 4.98 Å². The lowest BCUT2D eigenvalue weighted by Crippen LogP contribution is -2.13. The van der Waals surface area contributed by atoms with Crippen LogP contribution in [0.15, 0.2) is 27.7 Å². The zero-order valence-electron chi connectivity index (χ0n) is 8.39. The van der Waals surface area contributed by atoms with Gasteiger partial charge in [0.25, 0.3) is 0 Å². The van der Waals surface area contributed by atoms with E-state index in [1.807, 2.05) is 5.38 Å². The van der Waals surface area contributed by atoms with Crippen LogP contribution in [0.25, 0.3) is 11.1 Å². The molecule has 0 bridgehead atoms. The van der Waals surface area contributed by atoms with Gasteiger partial charge in [-0.2, -0.15) is 11.3 Å². The molecule has 0 saturated heterocycles. The van der Waals surface area contributed by atoms with E-state index in [-0.39, 0.29) is 0 Å². The number of aromatic nitrogens is 1. The topological polar surface area (TPSA) is 76.0 Å². The largest absolute Gasteiger partial charge is 0.341 e. The molecule has 82 valence electrons. The first-order chi connectivity index (χ1) is 7.59. The Morgan fingerprint density at radius 1 is 1.50 bits per heavy atom. The molecule has 0 aliphatic rings. The Hall–Kier alpha value is -1.95. The summed E-state index contributed by atoms with van der Waals surface area (Å²) in [5, 5.41) is 14.4. The predicted octanol–water partition coefficient (Wildman–Crippen LogP) is 2.32. The molecule has 5 nitrogen and oxygen atoms in total. The highest BCUT2D eigenvalue weighted by molar-refractivity contribution is 7.08. The van der Waals surface area contributed by atoms with Crippen molar-refractivity contribution in [2.24, 2.45) is 0 Å². The average molecular weight is 236 g/mol. The first kappa shape index (κ1) is 10.6. The number of thiophene rings is 1. The SMILES string of the molecule is Cc1cc(-c2ccsc2)c([N+](=O)[O-])c(=O)[nH]1. The molecule has 0 aromatic carbocycles. The van der Waals surface area contributed by atoms with Gasteiger partial charge in [-0.3, -0.25) is 14.9 Å². The lowest BCUT2D eigenvalue weighted by molar-refractivity contribution is -0.385. The van der Waals surface area contributed by atoms with Crippen LogP contribution < -0.4 is 5.56 Å². The smallest absolute Gasteiger partial charge is 0.321 e.